The summed E-state index contributed by atoms with van der Waals surface area (Å²) < 4.78 is 14.6. The lowest BCUT2D eigenvalue weighted by atomic mass is 9.63. The third-order valence-electron chi connectivity index (χ3n) is 9.52. The zero-order chi connectivity index (χ0) is 24.1. The van der Waals surface area contributed by atoms with Gasteiger partial charge >= 0.3 is 0 Å². The van der Waals surface area contributed by atoms with Crippen LogP contribution in [0.4, 0.5) is 0 Å². The van der Waals surface area contributed by atoms with Crippen molar-refractivity contribution in [1.82, 2.24) is 0 Å². The van der Waals surface area contributed by atoms with Crippen LogP contribution in [-0.4, -0.2) is 34.1 Å². The molecule has 32 heavy (non-hydrogen) atoms. The molecule has 4 rings (SSSR count). The fraction of sp³-hybridized carbons (Fsp3) is 0.815. The topological polar surface area (TPSA) is 35.5 Å². The summed E-state index contributed by atoms with van der Waals surface area (Å²) in [4.78, 5) is 12.7. The normalized spacial score (nSPS) is 38.8. The van der Waals surface area contributed by atoms with E-state index in [1.165, 1.54) is 17.6 Å². The number of carbonyl (C=O) groups excluding carboxylic acids is 1. The van der Waals surface area contributed by atoms with Crippen LogP contribution in [0.5, 0.6) is 0 Å². The average molecular weight is 475 g/mol. The van der Waals surface area contributed by atoms with Gasteiger partial charge in [-0.3, -0.25) is 4.79 Å². The van der Waals surface area contributed by atoms with Crippen LogP contribution in [0.3, 0.4) is 0 Å². The van der Waals surface area contributed by atoms with Crippen LogP contribution < -0.4 is 0 Å². The number of carbonyl (C=O) groups is 1. The number of hydrogen-bond donors (Lipinski definition) is 0. The van der Waals surface area contributed by atoms with Crippen molar-refractivity contribution in [3.63, 3.8) is 0 Å². The van der Waals surface area contributed by atoms with Gasteiger partial charge in [-0.05, 0) is 91.0 Å². The van der Waals surface area contributed by atoms with Gasteiger partial charge in [-0.15, -0.1) is 0 Å². The van der Waals surface area contributed by atoms with E-state index in [-0.39, 0.29) is 16.9 Å². The van der Waals surface area contributed by atoms with Crippen molar-refractivity contribution in [2.24, 2.45) is 29.1 Å². The van der Waals surface area contributed by atoms with Gasteiger partial charge in [-0.1, -0.05) is 47.6 Å². The van der Waals surface area contributed by atoms with E-state index in [0.29, 0.717) is 29.6 Å². The Bertz CT molecular complexity index is 870. The van der Waals surface area contributed by atoms with Gasteiger partial charge in [0.25, 0.3) is 0 Å². The third kappa shape index (κ3) is 3.70. The smallest absolute Gasteiger partial charge is 0.192 e. The molecule has 2 unspecified atom stereocenters. The quantitative estimate of drug-likeness (QED) is 0.407. The van der Waals surface area contributed by atoms with Crippen molar-refractivity contribution in [3.8, 4) is 0 Å². The molecule has 180 valence electrons. The Morgan fingerprint density at radius 1 is 1.06 bits per heavy atom. The maximum absolute atomic E-state index is 12.7. The predicted octanol–water partition coefficient (Wildman–Crippen LogP) is 7.12. The molecule has 0 spiro atoms. The zero-order valence-corrected chi connectivity index (χ0v) is 24.4. The summed E-state index contributed by atoms with van der Waals surface area (Å²) in [7, 11) is -3.89. The molecule has 4 aliphatic rings. The number of fused-ring (bicyclic) bond motifs is 5. The van der Waals surface area contributed by atoms with Crippen molar-refractivity contribution in [2.75, 3.05) is 0 Å². The molecular formula is C27H46O3Si2. The van der Waals surface area contributed by atoms with Gasteiger partial charge < -0.3 is 8.85 Å². The molecule has 0 aromatic heterocycles. The maximum atomic E-state index is 12.7. The molecule has 4 aliphatic carbocycles. The maximum Gasteiger partial charge on any atom is 0.192 e. The van der Waals surface area contributed by atoms with Crippen molar-refractivity contribution >= 4 is 22.4 Å². The van der Waals surface area contributed by atoms with Gasteiger partial charge in [0, 0.05) is 12.3 Å². The number of ketones is 1. The Balaban J connectivity index is 1.91. The molecule has 2 fully saturated rings. The minimum Gasteiger partial charge on any atom is -0.413 e. The van der Waals surface area contributed by atoms with Gasteiger partial charge in [0.1, 0.15) is 0 Å². The molecule has 0 bridgehead atoms. The summed E-state index contributed by atoms with van der Waals surface area (Å²) in [5.41, 5.74) is 2.35. The first-order valence-electron chi connectivity index (χ1n) is 12.7. The van der Waals surface area contributed by atoms with Gasteiger partial charge in [0.2, 0.25) is 0 Å². The Morgan fingerprint density at radius 2 is 1.69 bits per heavy atom. The highest BCUT2D eigenvalue weighted by molar-refractivity contribution is 6.74. The van der Waals surface area contributed by atoms with Crippen molar-refractivity contribution in [1.29, 1.82) is 0 Å². The van der Waals surface area contributed by atoms with E-state index in [4.69, 9.17) is 8.85 Å². The molecule has 0 radical (unpaired) electrons. The second kappa shape index (κ2) is 7.25. The highest BCUT2D eigenvalue weighted by Crippen LogP contribution is 2.73. The van der Waals surface area contributed by atoms with Crippen LogP contribution in [0.15, 0.2) is 23.3 Å². The molecule has 2 saturated carbocycles. The largest absolute Gasteiger partial charge is 0.413 e. The zero-order valence-electron chi connectivity index (χ0n) is 22.4. The average Bonchev–Trinajstić information content (AvgIpc) is 2.97. The van der Waals surface area contributed by atoms with E-state index in [1.807, 2.05) is 6.08 Å². The van der Waals surface area contributed by atoms with E-state index >= 15 is 0 Å². The third-order valence-corrected chi connectivity index (χ3v) is 15.0. The van der Waals surface area contributed by atoms with E-state index < -0.39 is 22.2 Å². The standard InChI is InChI=1S/C27H46O3Si2/c1-17-14-21-23(26(21,5)6)24-22(29-32(10,11)25(2,3)4)13-12-18-15-19(28)16-20(18)27(17,24)30-31(7,8)9/h12,16-17,21-24H,13-15H2,1-11H3/t17-,21-,22-,23?,24?,27+/m1/s1. The van der Waals surface area contributed by atoms with E-state index in [9.17, 15) is 4.79 Å². The second-order valence-electron chi connectivity index (χ2n) is 14.2. The Hall–Kier alpha value is -0.496. The monoisotopic (exact) mass is 474 g/mol. The molecule has 0 heterocycles. The lowest BCUT2D eigenvalue weighted by molar-refractivity contribution is -0.113. The number of hydrogen-bond acceptors (Lipinski definition) is 3. The molecule has 0 aliphatic heterocycles. The van der Waals surface area contributed by atoms with Crippen LogP contribution in [-0.2, 0) is 13.6 Å². The van der Waals surface area contributed by atoms with Crippen LogP contribution in [0, 0.1) is 29.1 Å². The fourth-order valence-electron chi connectivity index (χ4n) is 7.00. The molecule has 0 amide bonds. The van der Waals surface area contributed by atoms with Crippen LogP contribution in [0.25, 0.3) is 0 Å². The minimum atomic E-state index is -1.97. The molecule has 0 N–H and O–H groups in total. The Kier molecular flexibility index (Phi) is 5.58. The lowest BCUT2D eigenvalue weighted by Gasteiger charge is -2.55. The van der Waals surface area contributed by atoms with Crippen LogP contribution in [0.2, 0.25) is 37.8 Å². The summed E-state index contributed by atoms with van der Waals surface area (Å²) in [6.07, 6.45) is 7.08. The van der Waals surface area contributed by atoms with E-state index in [1.54, 1.807) is 0 Å². The van der Waals surface area contributed by atoms with Gasteiger partial charge in [0.15, 0.2) is 22.4 Å². The van der Waals surface area contributed by atoms with Gasteiger partial charge in [0.05, 0.1) is 11.7 Å². The van der Waals surface area contributed by atoms with Gasteiger partial charge in [-0.2, -0.15) is 0 Å². The minimum absolute atomic E-state index is 0.151. The predicted molar refractivity (Wildman–Crippen MR) is 138 cm³/mol. The highest BCUT2D eigenvalue weighted by Gasteiger charge is 2.73. The Labute approximate surface area is 198 Å². The molecule has 0 aromatic rings. The van der Waals surface area contributed by atoms with Gasteiger partial charge in [-0.25, -0.2) is 0 Å². The van der Waals surface area contributed by atoms with E-state index in [0.717, 1.165) is 12.3 Å². The molecule has 5 heteroatoms. The second-order valence-corrected chi connectivity index (χ2v) is 23.4. The van der Waals surface area contributed by atoms with E-state index in [2.05, 4.69) is 80.4 Å². The molecule has 0 aromatic carbocycles. The number of allylic oxidation sites excluding steroid dienone is 1. The first kappa shape index (κ1) is 24.6. The molecule has 0 saturated heterocycles. The SMILES string of the molecule is C[C@@H]1C[C@@H]2C(C3[C@H](O[Si](C)(C)C(C)(C)C)CC=C4CC(=O)C=C4[C@]31O[Si](C)(C)C)C2(C)C. The summed E-state index contributed by atoms with van der Waals surface area (Å²) in [6, 6.07) is 0. The van der Waals surface area contributed by atoms with Crippen molar-refractivity contribution in [2.45, 2.75) is 110 Å². The molecular weight excluding hydrogens is 428 g/mol. The fourth-order valence-corrected chi connectivity index (χ4v) is 9.81. The summed E-state index contributed by atoms with van der Waals surface area (Å²) in [5.74, 6) is 2.25. The van der Waals surface area contributed by atoms with Crippen LogP contribution >= 0.6 is 0 Å². The highest BCUT2D eigenvalue weighted by atomic mass is 28.4. The lowest BCUT2D eigenvalue weighted by Crippen LogP contribution is -2.60. The molecule has 6 atom stereocenters. The summed E-state index contributed by atoms with van der Waals surface area (Å²) in [6.45, 7) is 26.0. The summed E-state index contributed by atoms with van der Waals surface area (Å²) in [5, 5.41) is 0.165. The first-order valence-corrected chi connectivity index (χ1v) is 19.1. The first-order chi connectivity index (χ1) is 14.4. The summed E-state index contributed by atoms with van der Waals surface area (Å²) >= 11 is 0. The van der Waals surface area contributed by atoms with Crippen molar-refractivity contribution in [3.05, 3.63) is 23.3 Å². The number of rotatable bonds is 4. The molecule has 3 nitrogen and oxygen atoms in total. The Morgan fingerprint density at radius 3 is 2.25 bits per heavy atom. The van der Waals surface area contributed by atoms with Crippen LogP contribution in [0.1, 0.15) is 60.8 Å². The van der Waals surface area contributed by atoms with Crippen molar-refractivity contribution < 1.29 is 13.6 Å².